The minimum absolute atomic E-state index is 0.0874. The van der Waals surface area contributed by atoms with Crippen molar-refractivity contribution < 1.29 is 5.11 Å². The average molecular weight is 427 g/mol. The molecule has 1 nitrogen and oxygen atoms in total. The van der Waals surface area contributed by atoms with Gasteiger partial charge in [-0.1, -0.05) is 71.8 Å². The van der Waals surface area contributed by atoms with Crippen molar-refractivity contribution in [2.24, 2.45) is 52.3 Å². The highest BCUT2D eigenvalue weighted by molar-refractivity contribution is 5.25. The van der Waals surface area contributed by atoms with E-state index in [9.17, 15) is 5.11 Å². The summed E-state index contributed by atoms with van der Waals surface area (Å²) in [6.07, 6.45) is 20.5. The van der Waals surface area contributed by atoms with Gasteiger partial charge in [-0.05, 0) is 110 Å². The first-order chi connectivity index (χ1) is 14.7. The van der Waals surface area contributed by atoms with Gasteiger partial charge in [0.1, 0.15) is 0 Å². The summed E-state index contributed by atoms with van der Waals surface area (Å²) in [7, 11) is 0. The van der Waals surface area contributed by atoms with Crippen molar-refractivity contribution in [2.45, 2.75) is 112 Å². The van der Waals surface area contributed by atoms with Gasteiger partial charge in [0.05, 0.1) is 6.10 Å². The molecule has 1 heteroatoms. The number of hydrogen-bond acceptors (Lipinski definition) is 1. The van der Waals surface area contributed by atoms with Crippen molar-refractivity contribution in [2.75, 3.05) is 0 Å². The molecule has 0 saturated heterocycles. The Hall–Kier alpha value is -0.560. The fourth-order valence-corrected chi connectivity index (χ4v) is 8.98. The Balaban J connectivity index is 1.50. The molecule has 0 spiro atoms. The van der Waals surface area contributed by atoms with Gasteiger partial charge < -0.3 is 5.11 Å². The Labute approximate surface area is 193 Å². The van der Waals surface area contributed by atoms with Crippen LogP contribution in [-0.2, 0) is 0 Å². The maximum Gasteiger partial charge on any atom is 0.0577 e. The molecule has 3 fully saturated rings. The Bertz CT molecular complexity index is 689. The highest BCUT2D eigenvalue weighted by Gasteiger charge is 2.58. The van der Waals surface area contributed by atoms with E-state index in [2.05, 4.69) is 59.8 Å². The van der Waals surface area contributed by atoms with Crippen LogP contribution in [0.2, 0.25) is 0 Å². The third kappa shape index (κ3) is 4.11. The van der Waals surface area contributed by atoms with Crippen molar-refractivity contribution in [3.05, 3.63) is 23.8 Å². The highest BCUT2D eigenvalue weighted by Crippen LogP contribution is 2.67. The molecule has 31 heavy (non-hydrogen) atoms. The lowest BCUT2D eigenvalue weighted by molar-refractivity contribution is -0.0540. The molecule has 4 aliphatic carbocycles. The van der Waals surface area contributed by atoms with Crippen LogP contribution < -0.4 is 0 Å². The molecular formula is C30H50O. The van der Waals surface area contributed by atoms with E-state index >= 15 is 0 Å². The smallest absolute Gasteiger partial charge is 0.0577 e. The molecule has 0 radical (unpaired) electrons. The predicted octanol–water partition coefficient (Wildman–Crippen LogP) is 8.19. The average Bonchev–Trinajstić information content (AvgIpc) is 3.08. The van der Waals surface area contributed by atoms with E-state index in [0.29, 0.717) is 16.7 Å². The van der Waals surface area contributed by atoms with Crippen molar-refractivity contribution in [1.29, 1.82) is 0 Å². The zero-order valence-corrected chi connectivity index (χ0v) is 21.4. The zero-order chi connectivity index (χ0) is 22.4. The summed E-state index contributed by atoms with van der Waals surface area (Å²) >= 11 is 0. The van der Waals surface area contributed by atoms with Crippen molar-refractivity contribution in [3.8, 4) is 0 Å². The number of hydrogen-bond donors (Lipinski definition) is 1. The van der Waals surface area contributed by atoms with Gasteiger partial charge in [-0.3, -0.25) is 0 Å². The first-order valence-corrected chi connectivity index (χ1v) is 13.8. The molecule has 0 heterocycles. The number of fused-ring (bicyclic) bond motifs is 5. The second-order valence-electron chi connectivity index (χ2n) is 12.8. The molecule has 9 atom stereocenters. The van der Waals surface area contributed by atoms with Gasteiger partial charge in [-0.2, -0.15) is 0 Å². The molecule has 0 unspecified atom stereocenters. The summed E-state index contributed by atoms with van der Waals surface area (Å²) in [6, 6.07) is 0. The Morgan fingerprint density at radius 3 is 2.52 bits per heavy atom. The maximum absolute atomic E-state index is 10.3. The topological polar surface area (TPSA) is 20.2 Å². The van der Waals surface area contributed by atoms with E-state index in [0.717, 1.165) is 48.3 Å². The van der Waals surface area contributed by atoms with Gasteiger partial charge in [0.2, 0.25) is 0 Å². The van der Waals surface area contributed by atoms with E-state index in [1.807, 2.05) is 0 Å². The fourth-order valence-electron chi connectivity index (χ4n) is 8.98. The minimum Gasteiger partial charge on any atom is -0.393 e. The van der Waals surface area contributed by atoms with E-state index < -0.39 is 0 Å². The number of allylic oxidation sites excluding steroid dienone is 3. The zero-order valence-electron chi connectivity index (χ0n) is 21.4. The monoisotopic (exact) mass is 426 g/mol. The van der Waals surface area contributed by atoms with E-state index in [4.69, 9.17) is 0 Å². The van der Waals surface area contributed by atoms with Crippen molar-refractivity contribution >= 4 is 0 Å². The van der Waals surface area contributed by atoms with Gasteiger partial charge in [0.25, 0.3) is 0 Å². The molecule has 0 aromatic rings. The van der Waals surface area contributed by atoms with Crippen molar-refractivity contribution in [3.63, 3.8) is 0 Å². The summed E-state index contributed by atoms with van der Waals surface area (Å²) in [5.41, 5.74) is 2.51. The first kappa shape index (κ1) is 23.6. The molecule has 4 aliphatic rings. The highest BCUT2D eigenvalue weighted by atomic mass is 16.3. The van der Waals surface area contributed by atoms with Gasteiger partial charge in [0, 0.05) is 0 Å². The standard InChI is InChI=1S/C30H50O/c1-7-8-22(20(2)3)10-9-21(4)26-13-14-27-25-12-11-23-19-24(31)15-17-29(23,5)28(25)16-18-30(26,27)6/h9-11,20-22,24-28,31H,7-8,12-19H2,1-6H3/b10-9+/t21-,22-,24+,25+,26-,27+,28+,29+,30-/m1/s1. The molecule has 0 aromatic carbocycles. The summed E-state index contributed by atoms with van der Waals surface area (Å²) in [6.45, 7) is 14.9. The molecule has 0 bridgehead atoms. The first-order valence-electron chi connectivity index (χ1n) is 13.8. The van der Waals surface area contributed by atoms with Crippen LogP contribution in [0.3, 0.4) is 0 Å². The number of aliphatic hydroxyl groups is 1. The Kier molecular flexibility index (Phi) is 6.85. The van der Waals surface area contributed by atoms with Gasteiger partial charge >= 0.3 is 0 Å². The van der Waals surface area contributed by atoms with Crippen LogP contribution in [-0.4, -0.2) is 11.2 Å². The lowest BCUT2D eigenvalue weighted by Crippen LogP contribution is -2.50. The Morgan fingerprint density at radius 2 is 1.81 bits per heavy atom. The summed E-state index contributed by atoms with van der Waals surface area (Å²) in [4.78, 5) is 0. The fraction of sp³-hybridized carbons (Fsp3) is 0.867. The van der Waals surface area contributed by atoms with Gasteiger partial charge in [0.15, 0.2) is 0 Å². The molecule has 0 amide bonds. The van der Waals surface area contributed by atoms with Crippen LogP contribution >= 0.6 is 0 Å². The van der Waals surface area contributed by atoms with E-state index in [1.54, 1.807) is 5.57 Å². The summed E-state index contributed by atoms with van der Waals surface area (Å²) in [5.74, 6) is 5.71. The molecule has 4 rings (SSSR count). The third-order valence-corrected chi connectivity index (χ3v) is 10.9. The molecule has 1 N–H and O–H groups in total. The maximum atomic E-state index is 10.3. The predicted molar refractivity (Wildman–Crippen MR) is 133 cm³/mol. The normalized spacial score (nSPS) is 44.5. The molecule has 0 aromatic heterocycles. The molecule has 176 valence electrons. The Morgan fingerprint density at radius 1 is 1.03 bits per heavy atom. The van der Waals surface area contributed by atoms with Crippen LogP contribution in [0.5, 0.6) is 0 Å². The summed E-state index contributed by atoms with van der Waals surface area (Å²) < 4.78 is 0. The van der Waals surface area contributed by atoms with Crippen LogP contribution in [0, 0.1) is 52.3 Å². The van der Waals surface area contributed by atoms with Crippen LogP contribution in [0.15, 0.2) is 23.8 Å². The minimum atomic E-state index is -0.0874. The van der Waals surface area contributed by atoms with E-state index in [-0.39, 0.29) is 6.10 Å². The summed E-state index contributed by atoms with van der Waals surface area (Å²) in [5, 5.41) is 10.3. The SMILES string of the molecule is CCC[C@H](/C=C/[C@@H](C)[C@H]1CC[C@H]2[C@@H]3CC=C4C[C@@H](O)CC[C@]4(C)[C@H]3CC[C@]12C)C(C)C. The number of rotatable bonds is 6. The molecular weight excluding hydrogens is 376 g/mol. The van der Waals surface area contributed by atoms with Crippen LogP contribution in [0.1, 0.15) is 106 Å². The largest absolute Gasteiger partial charge is 0.393 e. The molecule has 3 saturated carbocycles. The number of aliphatic hydroxyl groups excluding tert-OH is 1. The quantitative estimate of drug-likeness (QED) is 0.424. The lowest BCUT2D eigenvalue weighted by atomic mass is 9.47. The van der Waals surface area contributed by atoms with Gasteiger partial charge in [-0.15, -0.1) is 0 Å². The second-order valence-corrected chi connectivity index (χ2v) is 12.8. The molecule has 0 aliphatic heterocycles. The van der Waals surface area contributed by atoms with Crippen LogP contribution in [0.4, 0.5) is 0 Å². The van der Waals surface area contributed by atoms with Crippen molar-refractivity contribution in [1.82, 2.24) is 0 Å². The van der Waals surface area contributed by atoms with Gasteiger partial charge in [-0.25, -0.2) is 0 Å². The third-order valence-electron chi connectivity index (χ3n) is 10.9. The second kappa shape index (κ2) is 9.00. The van der Waals surface area contributed by atoms with E-state index in [1.165, 1.54) is 51.4 Å². The lowest BCUT2D eigenvalue weighted by Gasteiger charge is -2.58. The van der Waals surface area contributed by atoms with Crippen LogP contribution in [0.25, 0.3) is 0 Å².